The van der Waals surface area contributed by atoms with Crippen LogP contribution in [0.5, 0.6) is 0 Å². The molecule has 92 valence electrons. The third-order valence-electron chi connectivity index (χ3n) is 2.91. The molecule has 2 aromatic rings. The Balaban J connectivity index is 2.00. The molecule has 0 spiro atoms. The normalized spacial score (nSPS) is 11.1. The highest BCUT2D eigenvalue weighted by atomic mass is 16.5. The maximum absolute atomic E-state index is 5.92. The fraction of sp³-hybridized carbons (Fsp3) is 0.462. The van der Waals surface area contributed by atoms with E-state index in [1.54, 1.807) is 7.11 Å². The molecule has 17 heavy (non-hydrogen) atoms. The Morgan fingerprint density at radius 2 is 2.06 bits per heavy atom. The van der Waals surface area contributed by atoms with Gasteiger partial charge in [0.1, 0.15) is 0 Å². The van der Waals surface area contributed by atoms with Crippen LogP contribution < -0.4 is 5.73 Å². The number of para-hydroxylation sites is 2. The number of nitrogens with zero attached hydrogens (tertiary/aromatic N) is 2. The SMILES string of the molecule is COCCCCCn1c(N)nc2ccccc21. The van der Waals surface area contributed by atoms with E-state index in [0.717, 1.165) is 43.4 Å². The Bertz CT molecular complexity index is 478. The summed E-state index contributed by atoms with van der Waals surface area (Å²) in [5.41, 5.74) is 8.02. The van der Waals surface area contributed by atoms with E-state index in [0.29, 0.717) is 5.95 Å². The van der Waals surface area contributed by atoms with Gasteiger partial charge in [-0.3, -0.25) is 0 Å². The second-order valence-electron chi connectivity index (χ2n) is 4.16. The van der Waals surface area contributed by atoms with E-state index in [4.69, 9.17) is 10.5 Å². The fourth-order valence-electron chi connectivity index (χ4n) is 2.02. The summed E-state index contributed by atoms with van der Waals surface area (Å²) in [5.74, 6) is 0.609. The molecular weight excluding hydrogens is 214 g/mol. The van der Waals surface area contributed by atoms with Gasteiger partial charge < -0.3 is 15.0 Å². The molecule has 0 atom stereocenters. The van der Waals surface area contributed by atoms with Gasteiger partial charge in [0.2, 0.25) is 5.95 Å². The average Bonchev–Trinajstić information content (AvgIpc) is 2.65. The Hall–Kier alpha value is -1.55. The first-order valence-corrected chi connectivity index (χ1v) is 6.02. The molecule has 0 bridgehead atoms. The molecule has 0 saturated heterocycles. The third-order valence-corrected chi connectivity index (χ3v) is 2.91. The van der Waals surface area contributed by atoms with Crippen LogP contribution in [0.15, 0.2) is 24.3 Å². The largest absolute Gasteiger partial charge is 0.385 e. The summed E-state index contributed by atoms with van der Waals surface area (Å²) in [7, 11) is 1.74. The lowest BCUT2D eigenvalue weighted by atomic mass is 10.2. The van der Waals surface area contributed by atoms with Crippen molar-refractivity contribution in [3.63, 3.8) is 0 Å². The maximum atomic E-state index is 5.92. The molecule has 0 aliphatic rings. The summed E-state index contributed by atoms with van der Waals surface area (Å²) >= 11 is 0. The molecule has 0 aliphatic carbocycles. The highest BCUT2D eigenvalue weighted by Crippen LogP contribution is 2.18. The smallest absolute Gasteiger partial charge is 0.201 e. The van der Waals surface area contributed by atoms with Crippen LogP contribution in [0.4, 0.5) is 5.95 Å². The minimum absolute atomic E-state index is 0.609. The molecule has 4 heteroatoms. The van der Waals surface area contributed by atoms with Crippen molar-refractivity contribution in [3.05, 3.63) is 24.3 Å². The molecule has 0 unspecified atom stereocenters. The van der Waals surface area contributed by atoms with Crippen molar-refractivity contribution in [1.82, 2.24) is 9.55 Å². The summed E-state index contributed by atoms with van der Waals surface area (Å²) in [6, 6.07) is 8.06. The second kappa shape index (κ2) is 5.68. The third kappa shape index (κ3) is 2.77. The zero-order valence-corrected chi connectivity index (χ0v) is 10.2. The summed E-state index contributed by atoms with van der Waals surface area (Å²) < 4.78 is 7.11. The molecule has 2 N–H and O–H groups in total. The van der Waals surface area contributed by atoms with Gasteiger partial charge in [-0.15, -0.1) is 0 Å². The van der Waals surface area contributed by atoms with Crippen molar-refractivity contribution in [3.8, 4) is 0 Å². The first kappa shape index (κ1) is 11.9. The van der Waals surface area contributed by atoms with E-state index in [9.17, 15) is 0 Å². The van der Waals surface area contributed by atoms with Gasteiger partial charge in [-0.25, -0.2) is 4.98 Å². The number of imidazole rings is 1. The first-order chi connectivity index (χ1) is 8.33. The highest BCUT2D eigenvalue weighted by molar-refractivity contribution is 5.78. The molecule has 2 rings (SSSR count). The molecule has 0 saturated carbocycles. The minimum Gasteiger partial charge on any atom is -0.385 e. The van der Waals surface area contributed by atoms with E-state index in [2.05, 4.69) is 15.6 Å². The van der Waals surface area contributed by atoms with Crippen LogP contribution in [0.2, 0.25) is 0 Å². The van der Waals surface area contributed by atoms with Crippen molar-refractivity contribution in [2.24, 2.45) is 0 Å². The van der Waals surface area contributed by atoms with Crippen LogP contribution in [0.1, 0.15) is 19.3 Å². The molecular formula is C13H19N3O. The van der Waals surface area contributed by atoms with Crippen molar-refractivity contribution in [2.75, 3.05) is 19.5 Å². The number of aryl methyl sites for hydroxylation is 1. The van der Waals surface area contributed by atoms with Crippen LogP contribution >= 0.6 is 0 Å². The number of hydrogen-bond donors (Lipinski definition) is 1. The van der Waals surface area contributed by atoms with Crippen LogP contribution in [-0.4, -0.2) is 23.3 Å². The summed E-state index contributed by atoms with van der Waals surface area (Å²) in [5, 5.41) is 0. The molecule has 0 aliphatic heterocycles. The van der Waals surface area contributed by atoms with Crippen molar-refractivity contribution in [1.29, 1.82) is 0 Å². The van der Waals surface area contributed by atoms with Gasteiger partial charge in [0.15, 0.2) is 0 Å². The lowest BCUT2D eigenvalue weighted by Crippen LogP contribution is -2.03. The molecule has 0 fully saturated rings. The van der Waals surface area contributed by atoms with Gasteiger partial charge in [-0.2, -0.15) is 0 Å². The maximum Gasteiger partial charge on any atom is 0.201 e. The van der Waals surface area contributed by atoms with E-state index < -0.39 is 0 Å². The summed E-state index contributed by atoms with van der Waals surface area (Å²) in [6.07, 6.45) is 3.36. The monoisotopic (exact) mass is 233 g/mol. The van der Waals surface area contributed by atoms with Gasteiger partial charge in [-0.05, 0) is 31.4 Å². The number of aromatic nitrogens is 2. The Kier molecular flexibility index (Phi) is 3.98. The Morgan fingerprint density at radius 1 is 1.24 bits per heavy atom. The van der Waals surface area contributed by atoms with Crippen molar-refractivity contribution >= 4 is 17.0 Å². The van der Waals surface area contributed by atoms with Gasteiger partial charge in [0.25, 0.3) is 0 Å². The average molecular weight is 233 g/mol. The van der Waals surface area contributed by atoms with Crippen LogP contribution in [0.3, 0.4) is 0 Å². The number of rotatable bonds is 6. The van der Waals surface area contributed by atoms with Gasteiger partial charge >= 0.3 is 0 Å². The lowest BCUT2D eigenvalue weighted by molar-refractivity contribution is 0.191. The highest BCUT2D eigenvalue weighted by Gasteiger charge is 2.06. The number of nitrogen functional groups attached to an aromatic ring is 1. The number of benzene rings is 1. The van der Waals surface area contributed by atoms with E-state index in [1.807, 2.05) is 18.2 Å². The topological polar surface area (TPSA) is 53.1 Å². The Labute approximate surface area is 101 Å². The molecule has 1 aromatic heterocycles. The zero-order valence-electron chi connectivity index (χ0n) is 10.2. The number of methoxy groups -OCH3 is 1. The number of anilines is 1. The molecule has 0 amide bonds. The van der Waals surface area contributed by atoms with Crippen molar-refractivity contribution < 1.29 is 4.74 Å². The Morgan fingerprint density at radius 3 is 2.88 bits per heavy atom. The molecule has 1 heterocycles. The molecule has 0 radical (unpaired) electrons. The predicted molar refractivity (Wildman–Crippen MR) is 69.9 cm³/mol. The number of hydrogen-bond acceptors (Lipinski definition) is 3. The van der Waals surface area contributed by atoms with Crippen LogP contribution in [-0.2, 0) is 11.3 Å². The summed E-state index contributed by atoms with van der Waals surface area (Å²) in [6.45, 7) is 1.76. The predicted octanol–water partition coefficient (Wildman–Crippen LogP) is 2.44. The quantitative estimate of drug-likeness (QED) is 0.780. The van der Waals surface area contributed by atoms with Crippen LogP contribution in [0, 0.1) is 0 Å². The van der Waals surface area contributed by atoms with E-state index in [-0.39, 0.29) is 0 Å². The molecule has 4 nitrogen and oxygen atoms in total. The van der Waals surface area contributed by atoms with E-state index >= 15 is 0 Å². The van der Waals surface area contributed by atoms with Gasteiger partial charge in [0, 0.05) is 20.3 Å². The molecule has 1 aromatic carbocycles. The number of fused-ring (bicyclic) bond motifs is 1. The van der Waals surface area contributed by atoms with Gasteiger partial charge in [-0.1, -0.05) is 12.1 Å². The van der Waals surface area contributed by atoms with Crippen LogP contribution in [0.25, 0.3) is 11.0 Å². The zero-order chi connectivity index (χ0) is 12.1. The first-order valence-electron chi connectivity index (χ1n) is 6.02. The standard InChI is InChI=1S/C13H19N3O/c1-17-10-6-2-5-9-16-12-8-4-3-7-11(12)15-13(16)14/h3-4,7-8H,2,5-6,9-10H2,1H3,(H2,14,15). The summed E-state index contributed by atoms with van der Waals surface area (Å²) in [4.78, 5) is 4.34. The van der Waals surface area contributed by atoms with Gasteiger partial charge in [0.05, 0.1) is 11.0 Å². The minimum atomic E-state index is 0.609. The number of nitrogens with two attached hydrogens (primary N) is 1. The fourth-order valence-corrected chi connectivity index (χ4v) is 2.02. The van der Waals surface area contributed by atoms with E-state index in [1.165, 1.54) is 0 Å². The number of ether oxygens (including phenoxy) is 1. The second-order valence-corrected chi connectivity index (χ2v) is 4.16. The number of unbranched alkanes of at least 4 members (excludes halogenated alkanes) is 2. The van der Waals surface area contributed by atoms with Crippen molar-refractivity contribution in [2.45, 2.75) is 25.8 Å². The lowest BCUT2D eigenvalue weighted by Gasteiger charge is -2.06.